The van der Waals surface area contributed by atoms with Crippen molar-refractivity contribution in [1.29, 1.82) is 5.41 Å². The van der Waals surface area contributed by atoms with E-state index >= 15 is 0 Å². The number of aliphatic imine (C=N–C) groups is 1. The van der Waals surface area contributed by atoms with Gasteiger partial charge in [-0.05, 0) is 52.4 Å². The van der Waals surface area contributed by atoms with Crippen molar-refractivity contribution in [2.75, 3.05) is 20.3 Å². The van der Waals surface area contributed by atoms with Crippen LogP contribution in [0.25, 0.3) is 11.8 Å². The summed E-state index contributed by atoms with van der Waals surface area (Å²) in [6.07, 6.45) is 1.66. The topological polar surface area (TPSA) is 84.2 Å². The minimum Gasteiger partial charge on any atom is -0.493 e. The number of thioether (sulfide) groups is 1. The number of hydrogen-bond donors (Lipinski definition) is 1. The van der Waals surface area contributed by atoms with E-state index in [2.05, 4.69) is 37.9 Å². The third kappa shape index (κ3) is 5.82. The molecule has 40 heavy (non-hydrogen) atoms. The second-order valence-electron chi connectivity index (χ2n) is 10.3. The highest BCUT2D eigenvalue weighted by Gasteiger charge is 2.36. The van der Waals surface area contributed by atoms with E-state index < -0.39 is 5.91 Å². The Morgan fingerprint density at radius 1 is 0.950 bits per heavy atom. The van der Waals surface area contributed by atoms with Gasteiger partial charge >= 0.3 is 0 Å². The van der Waals surface area contributed by atoms with Crippen LogP contribution in [-0.4, -0.2) is 42.1 Å². The van der Waals surface area contributed by atoms with E-state index in [9.17, 15) is 4.79 Å². The second-order valence-corrected chi connectivity index (χ2v) is 11.1. The minimum atomic E-state index is -0.446. The first-order chi connectivity index (χ1) is 19.2. The Bertz CT molecular complexity index is 1520. The smallest absolute Gasteiger partial charge is 0.283 e. The first-order valence-corrected chi connectivity index (χ1v) is 13.8. The molecule has 8 heteroatoms. The van der Waals surface area contributed by atoms with Crippen LogP contribution in [0, 0.1) is 5.41 Å². The van der Waals surface area contributed by atoms with E-state index in [4.69, 9.17) is 19.6 Å². The monoisotopic (exact) mass is 553 g/mol. The van der Waals surface area contributed by atoms with Crippen LogP contribution in [0.2, 0.25) is 0 Å². The SMILES string of the molecule is COc1cc(/C=C2/C(=N)N3C(c4ccccc4)=CSC3=NC2=O)ccc1OCCOc1ccc(C(C)(C)C)cc1. The van der Waals surface area contributed by atoms with Crippen molar-refractivity contribution in [3.8, 4) is 17.2 Å². The molecule has 2 aliphatic rings. The van der Waals surface area contributed by atoms with Gasteiger partial charge in [-0.25, -0.2) is 0 Å². The number of amides is 1. The molecule has 0 fully saturated rings. The molecule has 0 aromatic heterocycles. The molecular weight excluding hydrogens is 522 g/mol. The number of nitrogens with one attached hydrogen (secondary N) is 1. The van der Waals surface area contributed by atoms with Gasteiger partial charge in [0.25, 0.3) is 5.91 Å². The molecule has 0 unspecified atom stereocenters. The molecular formula is C32H31N3O4S. The summed E-state index contributed by atoms with van der Waals surface area (Å²) in [6.45, 7) is 7.25. The van der Waals surface area contributed by atoms with Crippen LogP contribution < -0.4 is 14.2 Å². The zero-order valence-electron chi connectivity index (χ0n) is 22.9. The van der Waals surface area contributed by atoms with Crippen LogP contribution in [0.5, 0.6) is 17.2 Å². The maximum Gasteiger partial charge on any atom is 0.283 e. The third-order valence-electron chi connectivity index (χ3n) is 6.51. The fourth-order valence-corrected chi connectivity index (χ4v) is 5.23. The normalized spacial score (nSPS) is 16.0. The average Bonchev–Trinajstić information content (AvgIpc) is 3.38. The lowest BCUT2D eigenvalue weighted by Gasteiger charge is -2.27. The number of fused-ring (bicyclic) bond motifs is 1. The van der Waals surface area contributed by atoms with Crippen LogP contribution in [-0.2, 0) is 10.2 Å². The Morgan fingerprint density at radius 2 is 1.68 bits per heavy atom. The Hall–Kier alpha value is -4.30. The highest BCUT2D eigenvalue weighted by molar-refractivity contribution is 8.17. The van der Waals surface area contributed by atoms with Crippen molar-refractivity contribution in [2.24, 2.45) is 4.99 Å². The van der Waals surface area contributed by atoms with E-state index in [1.165, 1.54) is 17.3 Å². The lowest BCUT2D eigenvalue weighted by Crippen LogP contribution is -2.38. The molecule has 204 valence electrons. The van der Waals surface area contributed by atoms with Crippen molar-refractivity contribution >= 4 is 40.4 Å². The van der Waals surface area contributed by atoms with Gasteiger partial charge in [-0.3, -0.25) is 15.1 Å². The molecule has 3 aromatic rings. The summed E-state index contributed by atoms with van der Waals surface area (Å²) in [5, 5.41) is 11.2. The molecule has 7 nitrogen and oxygen atoms in total. The van der Waals surface area contributed by atoms with Crippen molar-refractivity contribution in [3.63, 3.8) is 0 Å². The zero-order valence-corrected chi connectivity index (χ0v) is 23.7. The first-order valence-electron chi connectivity index (χ1n) is 12.9. The fourth-order valence-electron chi connectivity index (χ4n) is 4.34. The largest absolute Gasteiger partial charge is 0.493 e. The van der Waals surface area contributed by atoms with Crippen molar-refractivity contribution in [2.45, 2.75) is 26.2 Å². The summed E-state index contributed by atoms with van der Waals surface area (Å²) in [6, 6.07) is 23.3. The summed E-state index contributed by atoms with van der Waals surface area (Å²) in [5.41, 5.74) is 4.02. The van der Waals surface area contributed by atoms with E-state index in [0.717, 1.165) is 17.0 Å². The number of amidine groups is 2. The minimum absolute atomic E-state index is 0.0853. The molecule has 1 N–H and O–H groups in total. The summed E-state index contributed by atoms with van der Waals surface area (Å²) < 4.78 is 17.3. The van der Waals surface area contributed by atoms with E-state index in [1.54, 1.807) is 30.2 Å². The standard InChI is InChI=1S/C32H31N3O4S/c1-32(2,3)23-11-13-24(14-12-23)38-16-17-39-27-15-10-21(19-28(27)37-4)18-25-29(33)35-26(22-8-6-5-7-9-22)20-40-31(35)34-30(25)36/h5-15,18-20,33H,16-17H2,1-4H3/b25-18-,33-29?. The molecule has 0 saturated heterocycles. The van der Waals surface area contributed by atoms with Crippen molar-refractivity contribution in [3.05, 3.63) is 100 Å². The van der Waals surface area contributed by atoms with E-state index in [1.807, 2.05) is 53.9 Å². The number of hydrogen-bond acceptors (Lipinski definition) is 6. The van der Waals surface area contributed by atoms with Gasteiger partial charge in [0.1, 0.15) is 24.8 Å². The Kier molecular flexibility index (Phi) is 7.80. The van der Waals surface area contributed by atoms with E-state index in [-0.39, 0.29) is 16.8 Å². The average molecular weight is 554 g/mol. The van der Waals surface area contributed by atoms with Gasteiger partial charge in [-0.2, -0.15) is 4.99 Å². The molecule has 3 aromatic carbocycles. The van der Waals surface area contributed by atoms with Crippen LogP contribution in [0.1, 0.15) is 37.5 Å². The number of rotatable bonds is 8. The molecule has 0 spiro atoms. The summed E-state index contributed by atoms with van der Waals surface area (Å²) in [4.78, 5) is 18.8. The molecule has 0 atom stereocenters. The Labute approximate surface area is 238 Å². The molecule has 0 saturated carbocycles. The quantitative estimate of drug-likeness (QED) is 0.245. The lowest BCUT2D eigenvalue weighted by molar-refractivity contribution is -0.114. The molecule has 0 radical (unpaired) electrons. The van der Waals surface area contributed by atoms with Gasteiger partial charge in [0, 0.05) is 5.41 Å². The second kappa shape index (κ2) is 11.4. The fraction of sp³-hybridized carbons (Fsp3) is 0.219. The van der Waals surface area contributed by atoms with E-state index in [0.29, 0.717) is 35.4 Å². The van der Waals surface area contributed by atoms with Gasteiger partial charge < -0.3 is 14.2 Å². The molecule has 2 aliphatic heterocycles. The highest BCUT2D eigenvalue weighted by atomic mass is 32.2. The third-order valence-corrected chi connectivity index (χ3v) is 7.34. The first kappa shape index (κ1) is 27.3. The number of ether oxygens (including phenoxy) is 3. The Morgan fingerprint density at radius 3 is 2.38 bits per heavy atom. The number of methoxy groups -OCH3 is 1. The van der Waals surface area contributed by atoms with Crippen LogP contribution in [0.3, 0.4) is 0 Å². The molecule has 0 aliphatic carbocycles. The maximum atomic E-state index is 12.8. The van der Waals surface area contributed by atoms with Crippen molar-refractivity contribution in [1.82, 2.24) is 4.90 Å². The summed E-state index contributed by atoms with van der Waals surface area (Å²) in [7, 11) is 1.56. The van der Waals surface area contributed by atoms with Crippen LogP contribution in [0.4, 0.5) is 0 Å². The predicted octanol–water partition coefficient (Wildman–Crippen LogP) is 6.75. The van der Waals surface area contributed by atoms with Gasteiger partial charge in [0.2, 0.25) is 0 Å². The number of carbonyl (C=O) groups is 1. The lowest BCUT2D eigenvalue weighted by atomic mass is 9.87. The summed E-state index contributed by atoms with van der Waals surface area (Å²) in [5.74, 6) is 1.51. The molecule has 1 amide bonds. The Balaban J connectivity index is 1.26. The highest BCUT2D eigenvalue weighted by Crippen LogP contribution is 2.38. The van der Waals surface area contributed by atoms with Gasteiger partial charge in [-0.1, -0.05) is 81.1 Å². The molecule has 2 heterocycles. The number of carbonyl (C=O) groups excluding carboxylic acids is 1. The van der Waals surface area contributed by atoms with Crippen LogP contribution in [0.15, 0.2) is 88.8 Å². The number of nitrogens with zero attached hydrogens (tertiary/aromatic N) is 2. The summed E-state index contributed by atoms with van der Waals surface area (Å²) >= 11 is 1.34. The zero-order chi connectivity index (χ0) is 28.3. The van der Waals surface area contributed by atoms with Gasteiger partial charge in [0.05, 0.1) is 18.4 Å². The van der Waals surface area contributed by atoms with Gasteiger partial charge in [-0.15, -0.1) is 0 Å². The predicted molar refractivity (Wildman–Crippen MR) is 161 cm³/mol. The molecule has 0 bridgehead atoms. The van der Waals surface area contributed by atoms with Crippen molar-refractivity contribution < 1.29 is 19.0 Å². The maximum absolute atomic E-state index is 12.8. The van der Waals surface area contributed by atoms with Gasteiger partial charge in [0.15, 0.2) is 16.7 Å². The number of benzene rings is 3. The van der Waals surface area contributed by atoms with Crippen LogP contribution >= 0.6 is 11.8 Å². The molecule has 5 rings (SSSR count).